The molecule has 0 saturated carbocycles. The molecule has 0 saturated heterocycles. The monoisotopic (exact) mass is 301 g/mol. The molecule has 0 radical (unpaired) electrons. The van der Waals surface area contributed by atoms with Gasteiger partial charge in [0.2, 0.25) is 0 Å². The lowest BCUT2D eigenvalue weighted by molar-refractivity contribution is 0.672. The number of aliphatic imine (C=N–C) groups is 1. The minimum Gasteiger partial charge on any atom is -0.378 e. The lowest BCUT2D eigenvalue weighted by Gasteiger charge is -2.15. The number of aryl methyl sites for hydroxylation is 1. The molecule has 1 aromatic carbocycles. The van der Waals surface area contributed by atoms with Crippen LogP contribution < -0.4 is 15.5 Å². The Morgan fingerprint density at radius 1 is 1.27 bits per heavy atom. The van der Waals surface area contributed by atoms with E-state index in [0.29, 0.717) is 13.1 Å². The predicted octanol–water partition coefficient (Wildman–Crippen LogP) is 0.746. The summed E-state index contributed by atoms with van der Waals surface area (Å²) in [5.41, 5.74) is 2.38. The van der Waals surface area contributed by atoms with Gasteiger partial charge in [-0.3, -0.25) is 9.67 Å². The Bertz CT molecular complexity index is 630. The normalized spacial score (nSPS) is 11.4. The van der Waals surface area contributed by atoms with Gasteiger partial charge in [0.25, 0.3) is 0 Å². The highest BCUT2D eigenvalue weighted by Crippen LogP contribution is 2.12. The number of nitrogens with one attached hydrogen (secondary N) is 2. The third kappa shape index (κ3) is 4.21. The predicted molar refractivity (Wildman–Crippen MR) is 88.8 cm³/mol. The minimum absolute atomic E-state index is 0.577. The van der Waals surface area contributed by atoms with Crippen molar-refractivity contribution in [3.05, 3.63) is 42.0 Å². The summed E-state index contributed by atoms with van der Waals surface area (Å²) in [6.45, 7) is 1.29. The van der Waals surface area contributed by atoms with Crippen LogP contribution in [-0.2, 0) is 20.1 Å². The van der Waals surface area contributed by atoms with E-state index in [1.165, 1.54) is 11.3 Å². The average molecular weight is 301 g/mol. The fourth-order valence-corrected chi connectivity index (χ4v) is 1.99. The van der Waals surface area contributed by atoms with Crippen molar-refractivity contribution >= 4 is 11.6 Å². The second-order valence-electron chi connectivity index (χ2n) is 5.14. The van der Waals surface area contributed by atoms with Gasteiger partial charge in [0.15, 0.2) is 5.96 Å². The van der Waals surface area contributed by atoms with Crippen LogP contribution in [0.25, 0.3) is 0 Å². The van der Waals surface area contributed by atoms with Crippen molar-refractivity contribution in [2.75, 3.05) is 26.0 Å². The van der Waals surface area contributed by atoms with Gasteiger partial charge in [0.05, 0.1) is 6.54 Å². The standard InChI is InChI=1S/C15H23N7/c1-16-15(18-10-14-19-11-20-22(14)4)17-9-12-6-5-7-13(8-12)21(2)3/h5-8,11H,9-10H2,1-4H3,(H2,16,17,18). The Hall–Kier alpha value is -2.57. The van der Waals surface area contributed by atoms with Crippen molar-refractivity contribution in [1.29, 1.82) is 0 Å². The third-order valence-corrected chi connectivity index (χ3v) is 3.33. The highest BCUT2D eigenvalue weighted by Gasteiger charge is 2.03. The van der Waals surface area contributed by atoms with Gasteiger partial charge in [-0.15, -0.1) is 0 Å². The van der Waals surface area contributed by atoms with Gasteiger partial charge in [-0.05, 0) is 17.7 Å². The molecule has 1 aromatic heterocycles. The molecule has 2 rings (SSSR count). The Morgan fingerprint density at radius 2 is 2.05 bits per heavy atom. The Morgan fingerprint density at radius 3 is 2.68 bits per heavy atom. The molecule has 0 unspecified atom stereocenters. The Labute approximate surface area is 131 Å². The number of hydrogen-bond acceptors (Lipinski definition) is 4. The molecule has 0 atom stereocenters. The van der Waals surface area contributed by atoms with E-state index in [1.807, 2.05) is 21.1 Å². The first-order chi connectivity index (χ1) is 10.6. The van der Waals surface area contributed by atoms with E-state index in [2.05, 4.69) is 54.9 Å². The molecule has 7 nitrogen and oxygen atoms in total. The van der Waals surface area contributed by atoms with Crippen molar-refractivity contribution < 1.29 is 0 Å². The average Bonchev–Trinajstić information content (AvgIpc) is 2.93. The second kappa shape index (κ2) is 7.44. The van der Waals surface area contributed by atoms with Crippen LogP contribution >= 0.6 is 0 Å². The zero-order chi connectivity index (χ0) is 15.9. The summed E-state index contributed by atoms with van der Waals surface area (Å²) < 4.78 is 1.74. The molecule has 0 amide bonds. The van der Waals surface area contributed by atoms with Crippen molar-refractivity contribution in [3.8, 4) is 0 Å². The van der Waals surface area contributed by atoms with Crippen LogP contribution in [0.15, 0.2) is 35.6 Å². The van der Waals surface area contributed by atoms with E-state index in [-0.39, 0.29) is 0 Å². The maximum absolute atomic E-state index is 4.22. The molecule has 0 aliphatic rings. The van der Waals surface area contributed by atoms with Crippen molar-refractivity contribution in [1.82, 2.24) is 25.4 Å². The highest BCUT2D eigenvalue weighted by atomic mass is 15.3. The molecule has 0 bridgehead atoms. The summed E-state index contributed by atoms with van der Waals surface area (Å²) in [6.07, 6.45) is 1.54. The SMILES string of the molecule is CN=C(NCc1cccc(N(C)C)c1)NCc1ncnn1C. The smallest absolute Gasteiger partial charge is 0.191 e. The zero-order valence-corrected chi connectivity index (χ0v) is 13.5. The molecule has 0 fully saturated rings. The van der Waals surface area contributed by atoms with Gasteiger partial charge in [-0.2, -0.15) is 5.10 Å². The van der Waals surface area contributed by atoms with Gasteiger partial charge < -0.3 is 15.5 Å². The number of guanidine groups is 1. The van der Waals surface area contributed by atoms with Crippen LogP contribution in [0.5, 0.6) is 0 Å². The Balaban J connectivity index is 1.89. The molecular formula is C15H23N7. The van der Waals surface area contributed by atoms with Crippen LogP contribution in [0.3, 0.4) is 0 Å². The fourth-order valence-electron chi connectivity index (χ4n) is 1.99. The molecular weight excluding hydrogens is 278 g/mol. The van der Waals surface area contributed by atoms with Crippen LogP contribution in [0, 0.1) is 0 Å². The van der Waals surface area contributed by atoms with Crippen molar-refractivity contribution in [2.45, 2.75) is 13.1 Å². The Kier molecular flexibility index (Phi) is 5.35. The molecule has 2 aromatic rings. The number of rotatable bonds is 5. The van der Waals surface area contributed by atoms with Crippen molar-refractivity contribution in [3.63, 3.8) is 0 Å². The van der Waals surface area contributed by atoms with Crippen LogP contribution in [-0.4, -0.2) is 41.9 Å². The minimum atomic E-state index is 0.577. The summed E-state index contributed by atoms with van der Waals surface area (Å²) in [6, 6.07) is 8.39. The molecule has 22 heavy (non-hydrogen) atoms. The summed E-state index contributed by atoms with van der Waals surface area (Å²) in [5, 5.41) is 10.6. The van der Waals surface area contributed by atoms with E-state index >= 15 is 0 Å². The molecule has 118 valence electrons. The maximum atomic E-state index is 4.22. The van der Waals surface area contributed by atoms with Gasteiger partial charge in [-0.25, -0.2) is 4.98 Å². The van der Waals surface area contributed by atoms with Crippen LogP contribution in [0.1, 0.15) is 11.4 Å². The third-order valence-electron chi connectivity index (χ3n) is 3.33. The van der Waals surface area contributed by atoms with Gasteiger partial charge in [-0.1, -0.05) is 12.1 Å². The summed E-state index contributed by atoms with van der Waals surface area (Å²) in [7, 11) is 7.69. The number of nitrogens with zero attached hydrogens (tertiary/aromatic N) is 5. The van der Waals surface area contributed by atoms with Gasteiger partial charge >= 0.3 is 0 Å². The number of anilines is 1. The molecule has 0 aliphatic carbocycles. The largest absolute Gasteiger partial charge is 0.378 e. The first kappa shape index (κ1) is 15.8. The van der Waals surface area contributed by atoms with Gasteiger partial charge in [0, 0.05) is 40.4 Å². The van der Waals surface area contributed by atoms with E-state index in [9.17, 15) is 0 Å². The summed E-state index contributed by atoms with van der Waals surface area (Å²) in [4.78, 5) is 10.5. The lowest BCUT2D eigenvalue weighted by Crippen LogP contribution is -2.37. The zero-order valence-electron chi connectivity index (χ0n) is 13.5. The van der Waals surface area contributed by atoms with E-state index in [1.54, 1.807) is 18.1 Å². The highest BCUT2D eigenvalue weighted by molar-refractivity contribution is 5.79. The van der Waals surface area contributed by atoms with E-state index in [4.69, 9.17) is 0 Å². The molecule has 1 heterocycles. The van der Waals surface area contributed by atoms with Gasteiger partial charge in [0.1, 0.15) is 12.2 Å². The summed E-state index contributed by atoms with van der Waals surface area (Å²) in [5.74, 6) is 1.59. The first-order valence-electron chi connectivity index (χ1n) is 7.14. The van der Waals surface area contributed by atoms with Crippen molar-refractivity contribution in [2.24, 2.45) is 12.0 Å². The first-order valence-corrected chi connectivity index (χ1v) is 7.14. The fraction of sp³-hybridized carbons (Fsp3) is 0.400. The number of benzene rings is 1. The maximum Gasteiger partial charge on any atom is 0.191 e. The topological polar surface area (TPSA) is 70.4 Å². The molecule has 0 aliphatic heterocycles. The lowest BCUT2D eigenvalue weighted by atomic mass is 10.2. The summed E-state index contributed by atoms with van der Waals surface area (Å²) >= 11 is 0. The van der Waals surface area contributed by atoms with E-state index < -0.39 is 0 Å². The number of hydrogen-bond donors (Lipinski definition) is 2. The molecule has 2 N–H and O–H groups in total. The van der Waals surface area contributed by atoms with Crippen LogP contribution in [0.4, 0.5) is 5.69 Å². The molecule has 0 spiro atoms. The second-order valence-corrected chi connectivity index (χ2v) is 5.14. The quantitative estimate of drug-likeness (QED) is 0.630. The van der Waals surface area contributed by atoms with Crippen LogP contribution in [0.2, 0.25) is 0 Å². The van der Waals surface area contributed by atoms with E-state index in [0.717, 1.165) is 11.8 Å². The number of aromatic nitrogens is 3. The molecule has 7 heteroatoms.